The summed E-state index contributed by atoms with van der Waals surface area (Å²) in [6.45, 7) is 6.15. The van der Waals surface area contributed by atoms with Crippen molar-refractivity contribution in [3.8, 4) is 0 Å². The van der Waals surface area contributed by atoms with Crippen LogP contribution in [0.2, 0.25) is 0 Å². The summed E-state index contributed by atoms with van der Waals surface area (Å²) in [6.07, 6.45) is 5.89. The number of fused-ring (bicyclic) bond motifs is 2. The number of nitrogens with one attached hydrogen (secondary N) is 1. The average Bonchev–Trinajstić information content (AvgIpc) is 2.41. The van der Waals surface area contributed by atoms with E-state index in [4.69, 9.17) is 0 Å². The zero-order valence-corrected chi connectivity index (χ0v) is 8.61. The maximum Gasteiger partial charge on any atom is 0.000511 e. The van der Waals surface area contributed by atoms with Crippen molar-refractivity contribution in [3.05, 3.63) is 0 Å². The average molecular weight is 167 g/mol. The molecule has 2 aliphatic carbocycles. The molecule has 70 valence electrons. The van der Waals surface area contributed by atoms with Crippen molar-refractivity contribution in [2.24, 2.45) is 16.7 Å². The van der Waals surface area contributed by atoms with Crippen molar-refractivity contribution in [2.45, 2.75) is 39.5 Å². The molecule has 1 unspecified atom stereocenters. The fourth-order valence-electron chi connectivity index (χ4n) is 3.74. The zero-order chi connectivity index (χ0) is 8.82. The Morgan fingerprint density at radius 1 is 1.42 bits per heavy atom. The van der Waals surface area contributed by atoms with E-state index in [1.165, 1.54) is 32.2 Å². The van der Waals surface area contributed by atoms with Gasteiger partial charge in [0, 0.05) is 6.54 Å². The Balaban J connectivity index is 2.12. The van der Waals surface area contributed by atoms with E-state index in [1.54, 1.807) is 0 Å². The summed E-state index contributed by atoms with van der Waals surface area (Å²) in [7, 11) is 2.09. The minimum absolute atomic E-state index is 0.634. The van der Waals surface area contributed by atoms with Gasteiger partial charge in [-0.3, -0.25) is 0 Å². The van der Waals surface area contributed by atoms with Gasteiger partial charge in [0.05, 0.1) is 0 Å². The third-order valence-electron chi connectivity index (χ3n) is 4.19. The molecule has 2 fully saturated rings. The second-order valence-corrected chi connectivity index (χ2v) is 5.64. The molecule has 0 aliphatic heterocycles. The van der Waals surface area contributed by atoms with Gasteiger partial charge in [0.15, 0.2) is 0 Å². The highest BCUT2D eigenvalue weighted by atomic mass is 14.8. The molecule has 2 bridgehead atoms. The first-order valence-electron chi connectivity index (χ1n) is 5.23. The molecule has 0 saturated heterocycles. The van der Waals surface area contributed by atoms with Gasteiger partial charge in [-0.2, -0.15) is 0 Å². The molecule has 1 N–H and O–H groups in total. The maximum absolute atomic E-state index is 3.37. The van der Waals surface area contributed by atoms with Crippen LogP contribution in [0.5, 0.6) is 0 Å². The van der Waals surface area contributed by atoms with Crippen molar-refractivity contribution < 1.29 is 0 Å². The second-order valence-electron chi connectivity index (χ2n) is 5.64. The lowest BCUT2D eigenvalue weighted by atomic mass is 9.72. The molecule has 0 amide bonds. The van der Waals surface area contributed by atoms with Crippen LogP contribution in [-0.2, 0) is 0 Å². The third kappa shape index (κ3) is 1.10. The van der Waals surface area contributed by atoms with Gasteiger partial charge in [-0.15, -0.1) is 0 Å². The predicted octanol–water partition coefficient (Wildman–Crippen LogP) is 2.42. The number of hydrogen-bond donors (Lipinski definition) is 1. The minimum Gasteiger partial charge on any atom is -0.319 e. The Labute approximate surface area is 75.9 Å². The van der Waals surface area contributed by atoms with Crippen molar-refractivity contribution in [1.82, 2.24) is 5.32 Å². The lowest BCUT2D eigenvalue weighted by Crippen LogP contribution is -2.31. The maximum atomic E-state index is 3.37. The molecule has 2 rings (SSSR count). The van der Waals surface area contributed by atoms with E-state index in [0.29, 0.717) is 10.8 Å². The number of hydrogen-bond acceptors (Lipinski definition) is 1. The van der Waals surface area contributed by atoms with Gasteiger partial charge in [-0.05, 0) is 49.5 Å². The molecular weight excluding hydrogens is 146 g/mol. The minimum atomic E-state index is 0.634. The summed E-state index contributed by atoms with van der Waals surface area (Å²) < 4.78 is 0. The Morgan fingerprint density at radius 2 is 2.17 bits per heavy atom. The lowest BCUT2D eigenvalue weighted by molar-refractivity contribution is 0.170. The van der Waals surface area contributed by atoms with Gasteiger partial charge in [0.25, 0.3) is 0 Å². The van der Waals surface area contributed by atoms with Crippen LogP contribution in [0.25, 0.3) is 0 Å². The highest BCUT2D eigenvalue weighted by molar-refractivity contribution is 5.04. The fourth-order valence-corrected chi connectivity index (χ4v) is 3.74. The van der Waals surface area contributed by atoms with Crippen LogP contribution in [0.3, 0.4) is 0 Å². The summed E-state index contributed by atoms with van der Waals surface area (Å²) in [5, 5.41) is 3.37. The molecule has 1 nitrogen and oxygen atoms in total. The van der Waals surface area contributed by atoms with Gasteiger partial charge in [-0.25, -0.2) is 0 Å². The topological polar surface area (TPSA) is 12.0 Å². The van der Waals surface area contributed by atoms with E-state index in [1.807, 2.05) is 0 Å². The molecule has 12 heavy (non-hydrogen) atoms. The highest BCUT2D eigenvalue weighted by Crippen LogP contribution is 2.62. The molecule has 2 atom stereocenters. The van der Waals surface area contributed by atoms with Gasteiger partial charge >= 0.3 is 0 Å². The molecule has 2 aliphatic rings. The van der Waals surface area contributed by atoms with E-state index >= 15 is 0 Å². The van der Waals surface area contributed by atoms with E-state index in [9.17, 15) is 0 Å². The monoisotopic (exact) mass is 167 g/mol. The highest BCUT2D eigenvalue weighted by Gasteiger charge is 2.53. The van der Waals surface area contributed by atoms with Crippen molar-refractivity contribution in [1.29, 1.82) is 0 Å². The molecule has 0 heterocycles. The SMILES string of the molecule is CNCC12CC[C@@H](C1)C(C)(C)C2. The van der Waals surface area contributed by atoms with Crippen molar-refractivity contribution in [2.75, 3.05) is 13.6 Å². The van der Waals surface area contributed by atoms with Crippen LogP contribution >= 0.6 is 0 Å². The predicted molar refractivity (Wildman–Crippen MR) is 52.1 cm³/mol. The summed E-state index contributed by atoms with van der Waals surface area (Å²) >= 11 is 0. The molecule has 2 saturated carbocycles. The van der Waals surface area contributed by atoms with E-state index < -0.39 is 0 Å². The van der Waals surface area contributed by atoms with Gasteiger partial charge in [0.2, 0.25) is 0 Å². The first-order valence-corrected chi connectivity index (χ1v) is 5.23. The van der Waals surface area contributed by atoms with Crippen LogP contribution in [0.15, 0.2) is 0 Å². The van der Waals surface area contributed by atoms with Crippen LogP contribution in [0.1, 0.15) is 39.5 Å². The first-order chi connectivity index (χ1) is 5.58. The van der Waals surface area contributed by atoms with Gasteiger partial charge < -0.3 is 5.32 Å². The molecule has 0 aromatic rings. The lowest BCUT2D eigenvalue weighted by Gasteiger charge is -2.34. The van der Waals surface area contributed by atoms with Gasteiger partial charge in [-0.1, -0.05) is 13.8 Å². The normalized spacial score (nSPS) is 43.8. The Kier molecular flexibility index (Phi) is 1.76. The van der Waals surface area contributed by atoms with E-state index in [-0.39, 0.29) is 0 Å². The Bertz CT molecular complexity index is 185. The fraction of sp³-hybridized carbons (Fsp3) is 1.00. The molecule has 0 aromatic heterocycles. The summed E-state index contributed by atoms with van der Waals surface area (Å²) in [5.74, 6) is 1.02. The molecule has 0 radical (unpaired) electrons. The van der Waals surface area contributed by atoms with Crippen molar-refractivity contribution >= 4 is 0 Å². The second kappa shape index (κ2) is 2.47. The van der Waals surface area contributed by atoms with Gasteiger partial charge in [0.1, 0.15) is 0 Å². The number of rotatable bonds is 2. The van der Waals surface area contributed by atoms with E-state index in [2.05, 4.69) is 26.2 Å². The Hall–Kier alpha value is -0.0400. The Morgan fingerprint density at radius 3 is 2.58 bits per heavy atom. The van der Waals surface area contributed by atoms with Crippen molar-refractivity contribution in [3.63, 3.8) is 0 Å². The van der Waals surface area contributed by atoms with Crippen LogP contribution in [0.4, 0.5) is 0 Å². The summed E-state index contributed by atoms with van der Waals surface area (Å²) in [4.78, 5) is 0. The molecule has 0 spiro atoms. The quantitative estimate of drug-likeness (QED) is 0.666. The zero-order valence-electron chi connectivity index (χ0n) is 8.61. The largest absolute Gasteiger partial charge is 0.319 e. The molecule has 0 aromatic carbocycles. The van der Waals surface area contributed by atoms with E-state index in [0.717, 1.165) is 5.92 Å². The first kappa shape index (κ1) is 8.55. The van der Waals surface area contributed by atoms with Crippen LogP contribution < -0.4 is 5.32 Å². The third-order valence-corrected chi connectivity index (χ3v) is 4.19. The standard InChI is InChI=1S/C11H21N/c1-10(2)7-11(8-12-3)5-4-9(10)6-11/h9,12H,4-8H2,1-3H3/t9-,11?/m0/s1. The molecule has 1 heteroatoms. The van der Waals surface area contributed by atoms with Crippen LogP contribution in [0, 0.1) is 16.7 Å². The van der Waals surface area contributed by atoms with Crippen LogP contribution in [-0.4, -0.2) is 13.6 Å². The summed E-state index contributed by atoms with van der Waals surface area (Å²) in [5.41, 5.74) is 1.32. The summed E-state index contributed by atoms with van der Waals surface area (Å²) in [6, 6.07) is 0. The smallest absolute Gasteiger partial charge is 0.000511 e. The molecular formula is C11H21N.